The highest BCUT2D eigenvalue weighted by atomic mass is 32.2. The first-order valence-electron chi connectivity index (χ1n) is 12.8. The van der Waals surface area contributed by atoms with Gasteiger partial charge in [-0.2, -0.15) is 18.2 Å². The minimum absolute atomic E-state index is 0.172. The van der Waals surface area contributed by atoms with Crippen molar-refractivity contribution in [2.75, 3.05) is 28.8 Å². The molecule has 2 atom stereocenters. The SMILES string of the molecule is CC(CO)Nc1nc(Nc2ccc(S(C)(=N)=O)cc2)ncc1-c1ccc(NC(=O)Cc2cc(C(F)(F)F)ccc2F)cc1. The molecule has 4 aromatic rings. The van der Waals surface area contributed by atoms with E-state index in [9.17, 15) is 31.7 Å². The molecule has 0 aliphatic rings. The normalized spacial score (nSPS) is 13.6. The maximum atomic E-state index is 14.1. The predicted molar refractivity (Wildman–Crippen MR) is 156 cm³/mol. The lowest BCUT2D eigenvalue weighted by Gasteiger charge is -2.17. The Labute approximate surface area is 245 Å². The number of hydrogen-bond donors (Lipinski definition) is 5. The molecular weight excluding hydrogens is 588 g/mol. The zero-order valence-corrected chi connectivity index (χ0v) is 23.8. The van der Waals surface area contributed by atoms with Crippen molar-refractivity contribution in [2.24, 2.45) is 0 Å². The van der Waals surface area contributed by atoms with E-state index in [1.807, 2.05) is 0 Å². The van der Waals surface area contributed by atoms with Gasteiger partial charge in [-0.05, 0) is 72.6 Å². The van der Waals surface area contributed by atoms with Crippen molar-refractivity contribution in [1.82, 2.24) is 9.97 Å². The highest BCUT2D eigenvalue weighted by Gasteiger charge is 2.31. The van der Waals surface area contributed by atoms with E-state index in [2.05, 4.69) is 25.9 Å². The Kier molecular flexibility index (Phi) is 9.30. The maximum Gasteiger partial charge on any atom is 0.416 e. The Morgan fingerprint density at radius 2 is 1.70 bits per heavy atom. The van der Waals surface area contributed by atoms with Crippen LogP contribution in [0.25, 0.3) is 11.1 Å². The number of aliphatic hydroxyl groups is 1. The molecule has 0 saturated heterocycles. The number of aromatic nitrogens is 2. The van der Waals surface area contributed by atoms with Crippen molar-refractivity contribution in [3.63, 3.8) is 0 Å². The molecule has 14 heteroatoms. The van der Waals surface area contributed by atoms with Crippen molar-refractivity contribution in [3.8, 4) is 11.1 Å². The average molecular weight is 617 g/mol. The van der Waals surface area contributed by atoms with Crippen LogP contribution in [0.2, 0.25) is 0 Å². The molecular formula is C29H28F4N6O3S. The number of halogens is 4. The summed E-state index contributed by atoms with van der Waals surface area (Å²) in [6, 6.07) is 14.5. The Morgan fingerprint density at radius 3 is 2.30 bits per heavy atom. The first-order valence-corrected chi connectivity index (χ1v) is 14.8. The van der Waals surface area contributed by atoms with Gasteiger partial charge in [-0.3, -0.25) is 4.79 Å². The molecule has 0 bridgehead atoms. The number of carbonyl (C=O) groups excluding carboxylic acids is 1. The Balaban J connectivity index is 1.51. The predicted octanol–water partition coefficient (Wildman–Crippen LogP) is 6.05. The van der Waals surface area contributed by atoms with E-state index in [4.69, 9.17) is 4.78 Å². The van der Waals surface area contributed by atoms with Crippen LogP contribution in [0.3, 0.4) is 0 Å². The first kappa shape index (κ1) is 31.4. The first-order chi connectivity index (χ1) is 20.2. The van der Waals surface area contributed by atoms with Crippen LogP contribution in [-0.2, 0) is 27.1 Å². The van der Waals surface area contributed by atoms with Crippen molar-refractivity contribution in [3.05, 3.63) is 89.9 Å². The van der Waals surface area contributed by atoms with Crippen LogP contribution in [0.15, 0.2) is 77.8 Å². The van der Waals surface area contributed by atoms with Gasteiger partial charge in [-0.25, -0.2) is 18.4 Å². The van der Waals surface area contributed by atoms with E-state index in [0.29, 0.717) is 51.4 Å². The van der Waals surface area contributed by atoms with Crippen molar-refractivity contribution >= 4 is 38.8 Å². The molecule has 0 aliphatic carbocycles. The van der Waals surface area contributed by atoms with Crippen LogP contribution in [0.4, 0.5) is 40.7 Å². The fourth-order valence-electron chi connectivity index (χ4n) is 3.97. The maximum absolute atomic E-state index is 14.1. The summed E-state index contributed by atoms with van der Waals surface area (Å²) >= 11 is 0. The quantitative estimate of drug-likeness (QED) is 0.137. The topological polar surface area (TPSA) is 140 Å². The Morgan fingerprint density at radius 1 is 1.05 bits per heavy atom. The van der Waals surface area contributed by atoms with Gasteiger partial charge >= 0.3 is 6.18 Å². The zero-order valence-electron chi connectivity index (χ0n) is 23.0. The number of hydrogen-bond acceptors (Lipinski definition) is 8. The molecule has 4 rings (SSSR count). The van der Waals surface area contributed by atoms with Gasteiger partial charge in [-0.1, -0.05) is 12.1 Å². The summed E-state index contributed by atoms with van der Waals surface area (Å²) < 4.78 is 72.6. The number of benzene rings is 3. The molecule has 0 saturated carbocycles. The summed E-state index contributed by atoms with van der Waals surface area (Å²) in [5.41, 5.74) is 0.751. The lowest BCUT2D eigenvalue weighted by atomic mass is 10.1. The van der Waals surface area contributed by atoms with E-state index in [0.717, 1.165) is 0 Å². The van der Waals surface area contributed by atoms with Crippen LogP contribution in [0, 0.1) is 10.6 Å². The number of rotatable bonds is 10. The summed E-state index contributed by atoms with van der Waals surface area (Å²) in [5.74, 6) is -0.973. The third-order valence-corrected chi connectivity index (χ3v) is 7.38. The van der Waals surface area contributed by atoms with Crippen LogP contribution in [0.1, 0.15) is 18.1 Å². The molecule has 226 valence electrons. The molecule has 43 heavy (non-hydrogen) atoms. The van der Waals surface area contributed by atoms with Gasteiger partial charge in [-0.15, -0.1) is 0 Å². The molecule has 0 fully saturated rings. The molecule has 5 N–H and O–H groups in total. The largest absolute Gasteiger partial charge is 0.416 e. The van der Waals surface area contributed by atoms with Gasteiger partial charge in [0, 0.05) is 40.3 Å². The second kappa shape index (κ2) is 12.8. The lowest BCUT2D eigenvalue weighted by Crippen LogP contribution is -2.21. The van der Waals surface area contributed by atoms with Crippen molar-refractivity contribution < 1.29 is 31.7 Å². The number of aliphatic hydroxyl groups excluding tert-OH is 1. The third-order valence-electron chi connectivity index (χ3n) is 6.21. The molecule has 2 unspecified atom stereocenters. The summed E-state index contributed by atoms with van der Waals surface area (Å²) in [5, 5.41) is 18.3. The van der Waals surface area contributed by atoms with Crippen LogP contribution in [0.5, 0.6) is 0 Å². The van der Waals surface area contributed by atoms with E-state index >= 15 is 0 Å². The highest BCUT2D eigenvalue weighted by molar-refractivity contribution is 7.91. The molecule has 0 radical (unpaired) electrons. The third kappa shape index (κ3) is 8.26. The van der Waals surface area contributed by atoms with E-state index in [1.165, 1.54) is 6.26 Å². The molecule has 3 aromatic carbocycles. The summed E-state index contributed by atoms with van der Waals surface area (Å²) in [7, 11) is -2.85. The summed E-state index contributed by atoms with van der Waals surface area (Å²) in [6.07, 6.45) is -2.36. The van der Waals surface area contributed by atoms with Gasteiger partial charge in [0.05, 0.1) is 28.3 Å². The zero-order chi connectivity index (χ0) is 31.4. The highest BCUT2D eigenvalue weighted by Crippen LogP contribution is 2.31. The number of amides is 1. The second-order valence-corrected chi connectivity index (χ2v) is 11.9. The Hall–Kier alpha value is -4.56. The van der Waals surface area contributed by atoms with Gasteiger partial charge < -0.3 is 21.1 Å². The monoisotopic (exact) mass is 616 g/mol. The van der Waals surface area contributed by atoms with Gasteiger partial charge in [0.1, 0.15) is 11.6 Å². The minimum Gasteiger partial charge on any atom is -0.394 e. The fraction of sp³-hybridized carbons (Fsp3) is 0.207. The van der Waals surface area contributed by atoms with E-state index in [-0.39, 0.29) is 24.2 Å². The van der Waals surface area contributed by atoms with Crippen LogP contribution in [-0.4, -0.2) is 44.1 Å². The molecule has 0 aliphatic heterocycles. The second-order valence-electron chi connectivity index (χ2n) is 9.78. The average Bonchev–Trinajstić information content (AvgIpc) is 2.94. The van der Waals surface area contributed by atoms with Gasteiger partial charge in [0.2, 0.25) is 11.9 Å². The number of nitrogens with one attached hydrogen (secondary N) is 4. The van der Waals surface area contributed by atoms with Gasteiger partial charge in [0.15, 0.2) is 0 Å². The van der Waals surface area contributed by atoms with Gasteiger partial charge in [0.25, 0.3) is 0 Å². The minimum atomic E-state index is -4.66. The number of alkyl halides is 3. The van der Waals surface area contributed by atoms with Crippen LogP contribution < -0.4 is 16.0 Å². The Bertz CT molecular complexity index is 1710. The molecule has 1 heterocycles. The molecule has 1 aromatic heterocycles. The number of carbonyl (C=O) groups is 1. The smallest absolute Gasteiger partial charge is 0.394 e. The number of anilines is 4. The van der Waals surface area contributed by atoms with E-state index < -0.39 is 39.6 Å². The summed E-state index contributed by atoms with van der Waals surface area (Å²) in [4.78, 5) is 21.7. The number of nitrogens with zero attached hydrogens (tertiary/aromatic N) is 2. The lowest BCUT2D eigenvalue weighted by molar-refractivity contribution is -0.137. The summed E-state index contributed by atoms with van der Waals surface area (Å²) in [6.45, 7) is 1.58. The molecule has 0 spiro atoms. The van der Waals surface area contributed by atoms with Crippen molar-refractivity contribution in [1.29, 1.82) is 4.78 Å². The molecule has 9 nitrogen and oxygen atoms in total. The molecule has 1 amide bonds. The van der Waals surface area contributed by atoms with Crippen LogP contribution >= 0.6 is 0 Å². The fourth-order valence-corrected chi connectivity index (χ4v) is 4.62. The van der Waals surface area contributed by atoms with Crippen molar-refractivity contribution in [2.45, 2.75) is 30.5 Å². The van der Waals surface area contributed by atoms with E-state index in [1.54, 1.807) is 61.7 Å². The standard InChI is InChI=1S/C29H28F4N6O3S/c1-17(16-40)36-27-24(15-35-28(39-27)38-22-8-10-23(11-9-22)43(2,34)42)18-3-6-21(7-4-18)37-26(41)14-19-13-20(29(31,32)33)5-12-25(19)30/h3-13,15,17,34,40H,14,16H2,1-2H3,(H,37,41)(H2,35,36,38,39).